The third-order valence-electron chi connectivity index (χ3n) is 1.11. The molecule has 13 heavy (non-hydrogen) atoms. The van der Waals surface area contributed by atoms with Crippen molar-refractivity contribution in [3.63, 3.8) is 0 Å². The summed E-state index contributed by atoms with van der Waals surface area (Å²) in [6, 6.07) is 1.62. The Morgan fingerprint density at radius 2 is 2.23 bits per heavy atom. The molecule has 0 saturated heterocycles. The van der Waals surface area contributed by atoms with E-state index in [1.165, 1.54) is 6.20 Å². The fourth-order valence-corrected chi connectivity index (χ4v) is 0.648. The van der Waals surface area contributed by atoms with E-state index >= 15 is 0 Å². The minimum Gasteiger partial charge on any atom is -0.479 e. The Labute approximate surface area is 78.0 Å². The molecule has 0 radical (unpaired) electrons. The number of rotatable bonds is 3. The van der Waals surface area contributed by atoms with Gasteiger partial charge in [-0.2, -0.15) is 0 Å². The summed E-state index contributed by atoms with van der Waals surface area (Å²) in [6.07, 6.45) is 2.34. The number of aromatic nitrogens is 2. The van der Waals surface area contributed by atoms with Gasteiger partial charge >= 0.3 is 5.69 Å². The van der Waals surface area contributed by atoms with Gasteiger partial charge in [-0.1, -0.05) is 20.8 Å². The van der Waals surface area contributed by atoms with Crippen molar-refractivity contribution >= 4 is 0 Å². The van der Waals surface area contributed by atoms with Gasteiger partial charge in [-0.05, 0) is 6.42 Å². The second-order valence-electron chi connectivity index (χ2n) is 2.09. The molecule has 1 N–H and O–H groups in total. The van der Waals surface area contributed by atoms with E-state index < -0.39 is 0 Å². The van der Waals surface area contributed by atoms with Crippen molar-refractivity contribution in [2.24, 2.45) is 0 Å². The number of nitrogens with zero attached hydrogens (tertiary/aromatic N) is 1. The average Bonchev–Trinajstić information content (AvgIpc) is 2.18. The molecular formula is C9H16N2O2. The van der Waals surface area contributed by atoms with E-state index in [1.807, 2.05) is 20.8 Å². The molecule has 1 rings (SSSR count). The van der Waals surface area contributed by atoms with Gasteiger partial charge in [-0.3, -0.25) is 4.98 Å². The van der Waals surface area contributed by atoms with Gasteiger partial charge in [0.15, 0.2) is 5.88 Å². The van der Waals surface area contributed by atoms with Gasteiger partial charge in [0, 0.05) is 12.3 Å². The average molecular weight is 184 g/mol. The maximum absolute atomic E-state index is 10.6. The minimum atomic E-state index is -0.376. The third kappa shape index (κ3) is 5.00. The first-order chi connectivity index (χ1) is 6.33. The molecule has 1 aromatic heterocycles. The first kappa shape index (κ1) is 11.7. The summed E-state index contributed by atoms with van der Waals surface area (Å²) in [7, 11) is 0. The van der Waals surface area contributed by atoms with Crippen molar-refractivity contribution in [1.82, 2.24) is 9.97 Å². The van der Waals surface area contributed by atoms with Crippen molar-refractivity contribution in [3.05, 3.63) is 22.7 Å². The first-order valence-corrected chi connectivity index (χ1v) is 4.51. The van der Waals surface area contributed by atoms with Crippen LogP contribution in [0.2, 0.25) is 0 Å². The lowest BCUT2D eigenvalue weighted by Gasteiger charge is -2.00. The van der Waals surface area contributed by atoms with Gasteiger partial charge in [-0.15, -0.1) is 0 Å². The van der Waals surface area contributed by atoms with Gasteiger partial charge in [0.2, 0.25) is 0 Å². The highest BCUT2D eigenvalue weighted by Crippen LogP contribution is 1.99. The van der Waals surface area contributed by atoms with Crippen LogP contribution in [-0.4, -0.2) is 16.6 Å². The van der Waals surface area contributed by atoms with Crippen LogP contribution in [0.4, 0.5) is 0 Å². The Kier molecular flexibility index (Phi) is 6.59. The summed E-state index contributed by atoms with van der Waals surface area (Å²) in [5.74, 6) is 0.479. The highest BCUT2D eigenvalue weighted by molar-refractivity contribution is 5.04. The van der Waals surface area contributed by atoms with E-state index in [9.17, 15) is 4.79 Å². The Bertz CT molecular complexity index is 270. The zero-order valence-electron chi connectivity index (χ0n) is 8.33. The third-order valence-corrected chi connectivity index (χ3v) is 1.11. The second kappa shape index (κ2) is 7.34. The van der Waals surface area contributed by atoms with E-state index in [1.54, 1.807) is 6.07 Å². The van der Waals surface area contributed by atoms with Gasteiger partial charge in [0.25, 0.3) is 0 Å². The lowest BCUT2D eigenvalue weighted by Crippen LogP contribution is -2.10. The van der Waals surface area contributed by atoms with Crippen LogP contribution in [-0.2, 0) is 0 Å². The van der Waals surface area contributed by atoms with E-state index in [0.29, 0.717) is 12.5 Å². The summed E-state index contributed by atoms with van der Waals surface area (Å²) in [6.45, 7) is 6.61. The summed E-state index contributed by atoms with van der Waals surface area (Å²) in [5, 5.41) is 0. The molecule has 0 saturated carbocycles. The molecule has 1 heterocycles. The lowest BCUT2D eigenvalue weighted by atomic mass is 10.5. The highest BCUT2D eigenvalue weighted by Gasteiger charge is 1.91. The molecule has 0 bridgehead atoms. The number of nitrogens with one attached hydrogen (secondary N) is 1. The quantitative estimate of drug-likeness (QED) is 0.776. The van der Waals surface area contributed by atoms with E-state index in [2.05, 4.69) is 9.97 Å². The van der Waals surface area contributed by atoms with Crippen LogP contribution in [0.3, 0.4) is 0 Å². The standard InChI is InChI=1S/C7H10N2O2.C2H6/c1-2-5-11-6-3-4-8-7(10)9-6;1-2/h3-4H,2,5H2,1H3,(H,8,9,10);1-2H3. The molecule has 1 aromatic rings. The summed E-state index contributed by atoms with van der Waals surface area (Å²) >= 11 is 0. The Morgan fingerprint density at radius 3 is 2.77 bits per heavy atom. The topological polar surface area (TPSA) is 55.0 Å². The number of hydrogen-bond acceptors (Lipinski definition) is 3. The number of aromatic amines is 1. The van der Waals surface area contributed by atoms with Crippen LogP contribution in [0.15, 0.2) is 17.1 Å². The van der Waals surface area contributed by atoms with Gasteiger partial charge in [0.1, 0.15) is 0 Å². The molecule has 0 atom stereocenters. The van der Waals surface area contributed by atoms with E-state index in [-0.39, 0.29) is 5.69 Å². The van der Waals surface area contributed by atoms with Crippen LogP contribution in [0.5, 0.6) is 5.88 Å². The highest BCUT2D eigenvalue weighted by atomic mass is 16.5. The fourth-order valence-electron chi connectivity index (χ4n) is 0.648. The zero-order chi connectivity index (χ0) is 10.1. The van der Waals surface area contributed by atoms with Crippen molar-refractivity contribution in [2.45, 2.75) is 27.2 Å². The van der Waals surface area contributed by atoms with Crippen molar-refractivity contribution in [1.29, 1.82) is 0 Å². The summed E-state index contributed by atoms with van der Waals surface area (Å²) in [5.41, 5.74) is -0.376. The first-order valence-electron chi connectivity index (χ1n) is 4.51. The van der Waals surface area contributed by atoms with Crippen molar-refractivity contribution in [2.75, 3.05) is 6.61 Å². The van der Waals surface area contributed by atoms with E-state index in [4.69, 9.17) is 4.74 Å². The normalized spacial score (nSPS) is 8.54. The summed E-state index contributed by atoms with van der Waals surface area (Å²) < 4.78 is 5.14. The maximum atomic E-state index is 10.6. The zero-order valence-corrected chi connectivity index (χ0v) is 8.33. The molecule has 4 heteroatoms. The van der Waals surface area contributed by atoms with Crippen LogP contribution in [0.25, 0.3) is 0 Å². The number of hydrogen-bond donors (Lipinski definition) is 1. The summed E-state index contributed by atoms with van der Waals surface area (Å²) in [4.78, 5) is 16.5. The predicted octanol–water partition coefficient (Wildman–Crippen LogP) is 1.58. The number of ether oxygens (including phenoxy) is 1. The van der Waals surface area contributed by atoms with Crippen LogP contribution in [0, 0.1) is 0 Å². The second-order valence-corrected chi connectivity index (χ2v) is 2.09. The molecule has 0 aliphatic carbocycles. The molecule has 0 spiro atoms. The molecular weight excluding hydrogens is 168 g/mol. The van der Waals surface area contributed by atoms with Gasteiger partial charge in [-0.25, -0.2) is 9.78 Å². The Hall–Kier alpha value is -1.32. The molecule has 0 aromatic carbocycles. The van der Waals surface area contributed by atoms with E-state index in [0.717, 1.165) is 6.42 Å². The minimum absolute atomic E-state index is 0.376. The molecule has 0 aliphatic heterocycles. The SMILES string of the molecule is CC.CCCOc1ccnc(=O)[nH]1. The molecule has 0 aliphatic rings. The van der Waals surface area contributed by atoms with Gasteiger partial charge in [0.05, 0.1) is 6.61 Å². The van der Waals surface area contributed by atoms with Gasteiger partial charge < -0.3 is 4.74 Å². The molecule has 0 fully saturated rings. The Morgan fingerprint density at radius 1 is 1.54 bits per heavy atom. The predicted molar refractivity (Wildman–Crippen MR) is 52.0 cm³/mol. The largest absolute Gasteiger partial charge is 0.479 e. The van der Waals surface area contributed by atoms with Crippen molar-refractivity contribution in [3.8, 4) is 5.88 Å². The lowest BCUT2D eigenvalue weighted by molar-refractivity contribution is 0.303. The van der Waals surface area contributed by atoms with Crippen LogP contribution < -0.4 is 10.4 Å². The Balaban J connectivity index is 0.000000671. The molecule has 0 amide bonds. The van der Waals surface area contributed by atoms with Crippen LogP contribution >= 0.6 is 0 Å². The smallest absolute Gasteiger partial charge is 0.347 e. The monoisotopic (exact) mass is 184 g/mol. The van der Waals surface area contributed by atoms with Crippen LogP contribution in [0.1, 0.15) is 27.2 Å². The molecule has 4 nitrogen and oxygen atoms in total. The van der Waals surface area contributed by atoms with Crippen molar-refractivity contribution < 1.29 is 4.74 Å². The fraction of sp³-hybridized carbons (Fsp3) is 0.556. The molecule has 0 unspecified atom stereocenters. The molecule has 74 valence electrons. The maximum Gasteiger partial charge on any atom is 0.347 e. The number of H-pyrrole nitrogens is 1.